The van der Waals surface area contributed by atoms with Crippen LogP contribution in [0.2, 0.25) is 0 Å². The van der Waals surface area contributed by atoms with Crippen molar-refractivity contribution in [2.75, 3.05) is 0 Å². The van der Waals surface area contributed by atoms with Gasteiger partial charge in [-0.15, -0.1) is 0 Å². The molecule has 0 fully saturated rings. The Morgan fingerprint density at radius 2 is 2.16 bits per heavy atom. The maximum absolute atomic E-state index is 12.4. The van der Waals surface area contributed by atoms with Crippen LogP contribution in [-0.2, 0) is 0 Å². The molecule has 0 amide bonds. The van der Waals surface area contributed by atoms with Crippen molar-refractivity contribution in [2.45, 2.75) is 6.92 Å². The molecule has 5 aromatic rings. The van der Waals surface area contributed by atoms with E-state index in [-0.39, 0.29) is 5.56 Å². The number of aryl methyl sites for hydroxylation is 1. The molecule has 4 heterocycles. The standard InChI is InChI=1S/C17H11N5O3/c1-9-11-3-2-10(6-14(11)25-21-9)13-7-15(23)22-16(20-13)12(8-19-22)17-18-4-5-24-17/h2-8,20H,1H3. The summed E-state index contributed by atoms with van der Waals surface area (Å²) in [7, 11) is 0. The summed E-state index contributed by atoms with van der Waals surface area (Å²) in [6.07, 6.45) is 4.56. The molecular weight excluding hydrogens is 322 g/mol. The maximum Gasteiger partial charge on any atom is 0.274 e. The lowest BCUT2D eigenvalue weighted by Crippen LogP contribution is -2.14. The Bertz CT molecular complexity index is 1280. The number of hydrogen-bond donors (Lipinski definition) is 1. The quantitative estimate of drug-likeness (QED) is 0.533. The van der Waals surface area contributed by atoms with Crippen molar-refractivity contribution in [3.8, 4) is 22.7 Å². The number of rotatable bonds is 2. The van der Waals surface area contributed by atoms with Crippen LogP contribution in [0.1, 0.15) is 5.69 Å². The average Bonchev–Trinajstić information content (AvgIpc) is 3.34. The molecule has 0 atom stereocenters. The van der Waals surface area contributed by atoms with Crippen LogP contribution in [0.3, 0.4) is 0 Å². The van der Waals surface area contributed by atoms with E-state index in [0.717, 1.165) is 16.6 Å². The zero-order valence-electron chi connectivity index (χ0n) is 13.1. The van der Waals surface area contributed by atoms with Gasteiger partial charge in [-0.05, 0) is 19.1 Å². The summed E-state index contributed by atoms with van der Waals surface area (Å²) in [6, 6.07) is 7.17. The number of oxazole rings is 1. The van der Waals surface area contributed by atoms with Gasteiger partial charge in [-0.2, -0.15) is 9.61 Å². The Labute approximate surface area is 139 Å². The van der Waals surface area contributed by atoms with Crippen LogP contribution < -0.4 is 5.56 Å². The number of hydrogen-bond acceptors (Lipinski definition) is 6. The highest BCUT2D eigenvalue weighted by atomic mass is 16.5. The van der Waals surface area contributed by atoms with Crippen molar-refractivity contribution in [1.82, 2.24) is 24.7 Å². The molecule has 8 heteroatoms. The predicted molar refractivity (Wildman–Crippen MR) is 89.0 cm³/mol. The Kier molecular flexibility index (Phi) is 2.69. The van der Waals surface area contributed by atoms with E-state index in [1.165, 1.54) is 16.8 Å². The molecule has 5 rings (SSSR count). The van der Waals surface area contributed by atoms with Gasteiger partial charge >= 0.3 is 0 Å². The van der Waals surface area contributed by atoms with Crippen LogP contribution in [0.15, 0.2) is 56.7 Å². The fourth-order valence-electron chi connectivity index (χ4n) is 2.88. The third-order valence-electron chi connectivity index (χ3n) is 4.12. The van der Waals surface area contributed by atoms with E-state index < -0.39 is 0 Å². The zero-order valence-corrected chi connectivity index (χ0v) is 13.1. The van der Waals surface area contributed by atoms with Gasteiger partial charge in [-0.25, -0.2) is 4.98 Å². The number of H-pyrrole nitrogens is 1. The van der Waals surface area contributed by atoms with Gasteiger partial charge < -0.3 is 13.9 Å². The molecule has 8 nitrogen and oxygen atoms in total. The fourth-order valence-corrected chi connectivity index (χ4v) is 2.88. The van der Waals surface area contributed by atoms with Gasteiger partial charge in [0.25, 0.3) is 5.56 Å². The zero-order chi connectivity index (χ0) is 17.0. The van der Waals surface area contributed by atoms with Crippen molar-refractivity contribution >= 4 is 16.6 Å². The summed E-state index contributed by atoms with van der Waals surface area (Å²) >= 11 is 0. The first-order valence-corrected chi connectivity index (χ1v) is 7.58. The van der Waals surface area contributed by atoms with Gasteiger partial charge in [0.15, 0.2) is 11.2 Å². The monoisotopic (exact) mass is 333 g/mol. The summed E-state index contributed by atoms with van der Waals surface area (Å²) in [5.41, 5.74) is 3.81. The van der Waals surface area contributed by atoms with Crippen LogP contribution in [0.5, 0.6) is 0 Å². The minimum Gasteiger partial charge on any atom is -0.444 e. The highest BCUT2D eigenvalue weighted by Gasteiger charge is 2.15. The summed E-state index contributed by atoms with van der Waals surface area (Å²) in [6.45, 7) is 1.88. The number of benzene rings is 1. The van der Waals surface area contributed by atoms with E-state index in [0.29, 0.717) is 28.4 Å². The molecule has 25 heavy (non-hydrogen) atoms. The van der Waals surface area contributed by atoms with Gasteiger partial charge in [-0.1, -0.05) is 11.2 Å². The lowest BCUT2D eigenvalue weighted by atomic mass is 10.1. The first-order chi connectivity index (χ1) is 12.2. The van der Waals surface area contributed by atoms with E-state index in [4.69, 9.17) is 8.94 Å². The van der Waals surface area contributed by atoms with Crippen LogP contribution in [0, 0.1) is 6.92 Å². The van der Waals surface area contributed by atoms with Crippen molar-refractivity contribution in [1.29, 1.82) is 0 Å². The lowest BCUT2D eigenvalue weighted by Gasteiger charge is -2.03. The van der Waals surface area contributed by atoms with E-state index in [1.54, 1.807) is 12.4 Å². The lowest BCUT2D eigenvalue weighted by molar-refractivity contribution is 0.450. The Balaban J connectivity index is 1.75. The van der Waals surface area contributed by atoms with Crippen LogP contribution >= 0.6 is 0 Å². The SMILES string of the molecule is Cc1noc2cc(-c3cc(=O)n4ncc(-c5ncco5)c4[nH]3)ccc12. The van der Waals surface area contributed by atoms with Gasteiger partial charge in [0.2, 0.25) is 5.89 Å². The Morgan fingerprint density at radius 3 is 3.00 bits per heavy atom. The summed E-state index contributed by atoms with van der Waals surface area (Å²) in [4.78, 5) is 19.8. The molecular formula is C17H11N5O3. The second-order valence-electron chi connectivity index (χ2n) is 5.66. The van der Waals surface area contributed by atoms with E-state index in [2.05, 4.69) is 20.2 Å². The minimum absolute atomic E-state index is 0.254. The fraction of sp³-hybridized carbons (Fsp3) is 0.0588. The van der Waals surface area contributed by atoms with Crippen molar-refractivity contribution in [2.24, 2.45) is 0 Å². The first-order valence-electron chi connectivity index (χ1n) is 7.58. The van der Waals surface area contributed by atoms with Crippen molar-refractivity contribution in [3.05, 3.63) is 59.0 Å². The summed E-state index contributed by atoms with van der Waals surface area (Å²) in [5.74, 6) is 0.393. The summed E-state index contributed by atoms with van der Waals surface area (Å²) < 4.78 is 11.9. The summed E-state index contributed by atoms with van der Waals surface area (Å²) in [5, 5.41) is 9.00. The second kappa shape index (κ2) is 4.91. The molecule has 4 aromatic heterocycles. The molecule has 0 saturated carbocycles. The van der Waals surface area contributed by atoms with Gasteiger partial charge in [-0.3, -0.25) is 4.79 Å². The largest absolute Gasteiger partial charge is 0.444 e. The number of fused-ring (bicyclic) bond motifs is 2. The van der Waals surface area contributed by atoms with E-state index >= 15 is 0 Å². The number of aromatic amines is 1. The van der Waals surface area contributed by atoms with Crippen LogP contribution in [-0.4, -0.2) is 24.7 Å². The first kappa shape index (κ1) is 13.7. The molecule has 122 valence electrons. The average molecular weight is 333 g/mol. The molecule has 1 aromatic carbocycles. The van der Waals surface area contributed by atoms with E-state index in [1.807, 2.05) is 25.1 Å². The molecule has 0 spiro atoms. The predicted octanol–water partition coefficient (Wildman–Crippen LogP) is 2.79. The number of nitrogens with one attached hydrogen (secondary N) is 1. The van der Waals surface area contributed by atoms with Crippen LogP contribution in [0.25, 0.3) is 39.3 Å². The maximum atomic E-state index is 12.4. The molecule has 0 aliphatic rings. The van der Waals surface area contributed by atoms with Crippen molar-refractivity contribution < 1.29 is 8.94 Å². The Hall–Kier alpha value is -3.68. The van der Waals surface area contributed by atoms with Crippen LogP contribution in [0.4, 0.5) is 0 Å². The molecule has 1 N–H and O–H groups in total. The molecule has 0 radical (unpaired) electrons. The van der Waals surface area contributed by atoms with Gasteiger partial charge in [0.1, 0.15) is 11.8 Å². The normalized spacial score (nSPS) is 11.6. The molecule has 0 bridgehead atoms. The van der Waals surface area contributed by atoms with Gasteiger partial charge in [0.05, 0.1) is 23.8 Å². The number of aromatic nitrogens is 5. The highest BCUT2D eigenvalue weighted by molar-refractivity contribution is 5.84. The third kappa shape index (κ3) is 2.01. The van der Waals surface area contributed by atoms with Gasteiger partial charge in [0, 0.05) is 17.0 Å². The third-order valence-corrected chi connectivity index (χ3v) is 4.12. The smallest absolute Gasteiger partial charge is 0.274 e. The van der Waals surface area contributed by atoms with Crippen molar-refractivity contribution in [3.63, 3.8) is 0 Å². The molecule has 0 aliphatic heterocycles. The molecule has 0 unspecified atom stereocenters. The molecule has 0 saturated heterocycles. The topological polar surface area (TPSA) is 102 Å². The second-order valence-corrected chi connectivity index (χ2v) is 5.66. The molecule has 0 aliphatic carbocycles. The number of nitrogens with zero attached hydrogens (tertiary/aromatic N) is 4. The highest BCUT2D eigenvalue weighted by Crippen LogP contribution is 2.26. The minimum atomic E-state index is -0.254. The Morgan fingerprint density at radius 1 is 1.24 bits per heavy atom. The van der Waals surface area contributed by atoms with E-state index in [9.17, 15) is 4.79 Å².